The highest BCUT2D eigenvalue weighted by molar-refractivity contribution is 6.07. The molecular formula is C11H12N6O3. The number of nitrogens with one attached hydrogen (secondary N) is 1. The third-order valence-electron chi connectivity index (χ3n) is 2.59. The van der Waals surface area contributed by atoms with E-state index in [0.717, 1.165) is 12.3 Å². The van der Waals surface area contributed by atoms with Gasteiger partial charge in [0.1, 0.15) is 23.4 Å². The van der Waals surface area contributed by atoms with Crippen LogP contribution in [-0.2, 0) is 7.05 Å². The highest BCUT2D eigenvalue weighted by Gasteiger charge is 2.22. The quantitative estimate of drug-likeness (QED) is 0.632. The number of hydrogen-bond acceptors (Lipinski definition) is 6. The second-order valence-corrected chi connectivity index (χ2v) is 4.13. The highest BCUT2D eigenvalue weighted by Crippen LogP contribution is 2.20. The molecule has 0 unspecified atom stereocenters. The number of hydrogen-bond donors (Lipinski definition) is 2. The predicted molar refractivity (Wildman–Crippen MR) is 71.2 cm³/mol. The lowest BCUT2D eigenvalue weighted by atomic mass is 10.2. The first kappa shape index (κ1) is 13.5. The van der Waals surface area contributed by atoms with Crippen LogP contribution in [0.15, 0.2) is 18.3 Å². The lowest BCUT2D eigenvalue weighted by molar-refractivity contribution is -0.385. The Kier molecular flexibility index (Phi) is 3.34. The van der Waals surface area contributed by atoms with E-state index in [9.17, 15) is 14.9 Å². The number of pyridine rings is 1. The topological polar surface area (TPSA) is 129 Å². The van der Waals surface area contributed by atoms with Gasteiger partial charge >= 0.3 is 0 Å². The number of aromatic nitrogens is 3. The summed E-state index contributed by atoms with van der Waals surface area (Å²) in [6, 6.07) is 2.81. The smallest absolute Gasteiger partial charge is 0.300 e. The minimum Gasteiger partial charge on any atom is -0.384 e. The van der Waals surface area contributed by atoms with Gasteiger partial charge in [0.25, 0.3) is 11.6 Å². The van der Waals surface area contributed by atoms with Crippen LogP contribution in [0.1, 0.15) is 16.1 Å². The molecule has 2 heterocycles. The molecule has 1 amide bonds. The van der Waals surface area contributed by atoms with Gasteiger partial charge in [0, 0.05) is 13.1 Å². The third kappa shape index (κ3) is 2.55. The number of aryl methyl sites for hydroxylation is 2. The second-order valence-electron chi connectivity index (χ2n) is 4.13. The van der Waals surface area contributed by atoms with Crippen LogP contribution in [0.3, 0.4) is 0 Å². The van der Waals surface area contributed by atoms with E-state index >= 15 is 0 Å². The van der Waals surface area contributed by atoms with E-state index in [-0.39, 0.29) is 11.4 Å². The molecule has 9 heteroatoms. The summed E-state index contributed by atoms with van der Waals surface area (Å²) < 4.78 is 1.46. The van der Waals surface area contributed by atoms with Crippen molar-refractivity contribution in [2.45, 2.75) is 6.92 Å². The van der Waals surface area contributed by atoms with E-state index in [0.29, 0.717) is 11.5 Å². The van der Waals surface area contributed by atoms with Gasteiger partial charge in [-0.3, -0.25) is 19.6 Å². The van der Waals surface area contributed by atoms with Crippen LogP contribution in [0, 0.1) is 17.0 Å². The van der Waals surface area contributed by atoms with Gasteiger partial charge in [-0.25, -0.2) is 4.98 Å². The molecule has 0 aromatic carbocycles. The zero-order chi connectivity index (χ0) is 14.9. The van der Waals surface area contributed by atoms with Crippen molar-refractivity contribution in [1.82, 2.24) is 14.8 Å². The molecule has 0 fully saturated rings. The Morgan fingerprint density at radius 1 is 1.50 bits per heavy atom. The Morgan fingerprint density at radius 2 is 2.20 bits per heavy atom. The molecule has 0 spiro atoms. The van der Waals surface area contributed by atoms with Gasteiger partial charge in [0.15, 0.2) is 0 Å². The van der Waals surface area contributed by atoms with Crippen LogP contribution < -0.4 is 11.1 Å². The van der Waals surface area contributed by atoms with Crippen LogP contribution in [-0.4, -0.2) is 25.6 Å². The fraction of sp³-hybridized carbons (Fsp3) is 0.182. The van der Waals surface area contributed by atoms with Gasteiger partial charge in [-0.2, -0.15) is 5.10 Å². The van der Waals surface area contributed by atoms with Crippen molar-refractivity contribution in [2.75, 3.05) is 11.1 Å². The Morgan fingerprint density at radius 3 is 2.75 bits per heavy atom. The van der Waals surface area contributed by atoms with Crippen LogP contribution in [0.2, 0.25) is 0 Å². The Hall–Kier alpha value is -2.97. The largest absolute Gasteiger partial charge is 0.384 e. The van der Waals surface area contributed by atoms with Crippen molar-refractivity contribution in [1.29, 1.82) is 0 Å². The lowest BCUT2D eigenvalue weighted by Crippen LogP contribution is -2.16. The van der Waals surface area contributed by atoms with Crippen LogP contribution in [0.25, 0.3) is 0 Å². The van der Waals surface area contributed by atoms with Crippen molar-refractivity contribution < 1.29 is 9.72 Å². The first-order valence-corrected chi connectivity index (χ1v) is 5.60. The number of nitrogens with two attached hydrogens (primary N) is 1. The van der Waals surface area contributed by atoms with Crippen molar-refractivity contribution in [3.8, 4) is 0 Å². The molecule has 0 radical (unpaired) electrons. The predicted octanol–water partition coefficient (Wildman–Crippen LogP) is 0.866. The van der Waals surface area contributed by atoms with E-state index in [4.69, 9.17) is 5.73 Å². The number of carbonyl (C=O) groups excluding carboxylic acids is 1. The van der Waals surface area contributed by atoms with Crippen LogP contribution in [0.4, 0.5) is 17.3 Å². The number of amides is 1. The van der Waals surface area contributed by atoms with Gasteiger partial charge in [-0.1, -0.05) is 0 Å². The average molecular weight is 276 g/mol. The summed E-state index contributed by atoms with van der Waals surface area (Å²) in [6.07, 6.45) is 0.957. The SMILES string of the molecule is Cc1cc(NC(=O)c2cc(N)ncc2[N+](=O)[O-])n(C)n1. The molecule has 3 N–H and O–H groups in total. The van der Waals surface area contributed by atoms with Crippen molar-refractivity contribution in [2.24, 2.45) is 7.05 Å². The number of nitrogen functional groups attached to an aromatic ring is 1. The minimum absolute atomic E-state index is 0.0296. The monoisotopic (exact) mass is 276 g/mol. The van der Waals surface area contributed by atoms with E-state index in [1.54, 1.807) is 20.0 Å². The number of nitrogens with zero attached hydrogens (tertiary/aromatic N) is 4. The van der Waals surface area contributed by atoms with Crippen LogP contribution >= 0.6 is 0 Å². The highest BCUT2D eigenvalue weighted by atomic mass is 16.6. The number of carbonyl (C=O) groups is 1. The molecule has 20 heavy (non-hydrogen) atoms. The van der Waals surface area contributed by atoms with E-state index in [1.165, 1.54) is 4.68 Å². The zero-order valence-electron chi connectivity index (χ0n) is 10.8. The average Bonchev–Trinajstić information content (AvgIpc) is 2.67. The maximum atomic E-state index is 12.1. The molecular weight excluding hydrogens is 264 g/mol. The molecule has 0 saturated heterocycles. The Bertz CT molecular complexity index is 693. The molecule has 0 aliphatic carbocycles. The maximum absolute atomic E-state index is 12.1. The number of nitro groups is 1. The molecule has 0 atom stereocenters. The summed E-state index contributed by atoms with van der Waals surface area (Å²) in [5.41, 5.74) is 5.62. The Labute approximate surface area is 113 Å². The van der Waals surface area contributed by atoms with Crippen LogP contribution in [0.5, 0.6) is 0 Å². The van der Waals surface area contributed by atoms with Gasteiger partial charge < -0.3 is 11.1 Å². The molecule has 0 bridgehead atoms. The second kappa shape index (κ2) is 4.96. The fourth-order valence-electron chi connectivity index (χ4n) is 1.70. The standard InChI is InChI=1S/C11H12N6O3/c1-6-3-10(16(2)15-6)14-11(18)7-4-9(12)13-5-8(7)17(19)20/h3-5H,1-2H3,(H2,12,13)(H,14,18). The first-order chi connectivity index (χ1) is 9.38. The summed E-state index contributed by atoms with van der Waals surface area (Å²) in [7, 11) is 1.65. The van der Waals surface area contributed by atoms with Gasteiger partial charge in [-0.15, -0.1) is 0 Å². The summed E-state index contributed by atoms with van der Waals surface area (Å²) in [4.78, 5) is 25.9. The van der Waals surface area contributed by atoms with E-state index < -0.39 is 16.5 Å². The summed E-state index contributed by atoms with van der Waals surface area (Å²) >= 11 is 0. The minimum atomic E-state index is -0.685. The van der Waals surface area contributed by atoms with Gasteiger partial charge in [0.05, 0.1) is 10.6 Å². The maximum Gasteiger partial charge on any atom is 0.300 e. The molecule has 2 aromatic rings. The molecule has 2 aromatic heterocycles. The molecule has 9 nitrogen and oxygen atoms in total. The fourth-order valence-corrected chi connectivity index (χ4v) is 1.70. The first-order valence-electron chi connectivity index (χ1n) is 5.60. The van der Waals surface area contributed by atoms with Gasteiger partial charge in [0.2, 0.25) is 0 Å². The summed E-state index contributed by atoms with van der Waals surface area (Å²) in [5.74, 6) is -0.187. The molecule has 0 saturated carbocycles. The van der Waals surface area contributed by atoms with E-state index in [1.807, 2.05) is 0 Å². The molecule has 104 valence electrons. The molecule has 0 aliphatic heterocycles. The van der Waals surface area contributed by atoms with Crippen molar-refractivity contribution in [3.63, 3.8) is 0 Å². The number of anilines is 2. The molecule has 0 aliphatic rings. The third-order valence-corrected chi connectivity index (χ3v) is 2.59. The zero-order valence-corrected chi connectivity index (χ0v) is 10.8. The van der Waals surface area contributed by atoms with Crippen molar-refractivity contribution >= 4 is 23.2 Å². The normalized spacial score (nSPS) is 10.3. The number of rotatable bonds is 3. The van der Waals surface area contributed by atoms with Crippen molar-refractivity contribution in [3.05, 3.63) is 39.7 Å². The Balaban J connectivity index is 2.36. The summed E-state index contributed by atoms with van der Waals surface area (Å²) in [6.45, 7) is 1.77. The van der Waals surface area contributed by atoms with Gasteiger partial charge in [-0.05, 0) is 13.0 Å². The lowest BCUT2D eigenvalue weighted by Gasteiger charge is -2.06. The summed E-state index contributed by atoms with van der Waals surface area (Å²) in [5, 5.41) is 17.5. The van der Waals surface area contributed by atoms with E-state index in [2.05, 4.69) is 15.4 Å². The molecule has 2 rings (SSSR count).